The van der Waals surface area contributed by atoms with Crippen LogP contribution in [-0.4, -0.2) is 19.5 Å². The van der Waals surface area contributed by atoms with E-state index in [1.807, 2.05) is 44.2 Å². The Morgan fingerprint density at radius 2 is 1.70 bits per heavy atom. The highest BCUT2D eigenvalue weighted by atomic mass is 17.1. The molecule has 0 aliphatic carbocycles. The summed E-state index contributed by atoms with van der Waals surface area (Å²) in [5.41, 5.74) is 3.62. The van der Waals surface area contributed by atoms with Crippen LogP contribution in [0.25, 0.3) is 0 Å². The van der Waals surface area contributed by atoms with E-state index in [0.717, 1.165) is 28.0 Å². The van der Waals surface area contributed by atoms with Crippen molar-refractivity contribution in [2.75, 3.05) is 14.2 Å². The van der Waals surface area contributed by atoms with Crippen LogP contribution in [0.1, 0.15) is 22.3 Å². The van der Waals surface area contributed by atoms with Crippen LogP contribution in [0.5, 0.6) is 17.2 Å². The molecular weight excluding hydrogens is 296 g/mol. The van der Waals surface area contributed by atoms with Crippen LogP contribution in [0.2, 0.25) is 0 Å². The molecule has 0 unspecified atom stereocenters. The molecule has 0 fully saturated rings. The Labute approximate surface area is 136 Å². The maximum absolute atomic E-state index is 8.81. The van der Waals surface area contributed by atoms with Gasteiger partial charge in [0.05, 0.1) is 13.7 Å². The standard InChI is InChI=1S/C18H22O5/c1-12-9-17(13(2)16(11-22-19)18(12)21-4)23-15-7-5-14(6-8-15)10-20-3/h5-9,19H,10-11H2,1-4H3. The van der Waals surface area contributed by atoms with Gasteiger partial charge in [-0.2, -0.15) is 0 Å². The predicted molar refractivity (Wildman–Crippen MR) is 87.1 cm³/mol. The maximum Gasteiger partial charge on any atom is 0.131 e. The lowest BCUT2D eigenvalue weighted by Crippen LogP contribution is -2.02. The number of benzene rings is 2. The van der Waals surface area contributed by atoms with Crippen molar-refractivity contribution in [2.45, 2.75) is 27.1 Å². The average Bonchev–Trinajstić information content (AvgIpc) is 2.54. The molecule has 0 amide bonds. The molecule has 1 N–H and O–H groups in total. The molecule has 5 nitrogen and oxygen atoms in total. The van der Waals surface area contributed by atoms with E-state index >= 15 is 0 Å². The van der Waals surface area contributed by atoms with Crippen LogP contribution < -0.4 is 9.47 Å². The molecule has 124 valence electrons. The third kappa shape index (κ3) is 4.01. The molecule has 0 atom stereocenters. The van der Waals surface area contributed by atoms with E-state index in [9.17, 15) is 0 Å². The first-order valence-corrected chi connectivity index (χ1v) is 7.29. The third-order valence-corrected chi connectivity index (χ3v) is 3.68. The van der Waals surface area contributed by atoms with Crippen molar-refractivity contribution in [3.8, 4) is 17.2 Å². The van der Waals surface area contributed by atoms with Gasteiger partial charge in [0.15, 0.2) is 0 Å². The summed E-state index contributed by atoms with van der Waals surface area (Å²) in [7, 11) is 3.26. The van der Waals surface area contributed by atoms with Crippen molar-refractivity contribution in [1.29, 1.82) is 0 Å². The molecule has 0 spiro atoms. The van der Waals surface area contributed by atoms with Crippen LogP contribution in [0.15, 0.2) is 30.3 Å². The summed E-state index contributed by atoms with van der Waals surface area (Å²) < 4.78 is 16.5. The molecule has 0 saturated heterocycles. The average molecular weight is 318 g/mol. The smallest absolute Gasteiger partial charge is 0.131 e. The molecule has 23 heavy (non-hydrogen) atoms. The van der Waals surface area contributed by atoms with Crippen LogP contribution in [0, 0.1) is 13.8 Å². The highest BCUT2D eigenvalue weighted by Gasteiger charge is 2.16. The second-order valence-corrected chi connectivity index (χ2v) is 5.28. The van der Waals surface area contributed by atoms with Crippen molar-refractivity contribution in [1.82, 2.24) is 0 Å². The molecule has 5 heteroatoms. The molecule has 0 radical (unpaired) electrons. The molecule has 2 aromatic rings. The normalized spacial score (nSPS) is 10.7. The van der Waals surface area contributed by atoms with Gasteiger partial charge in [-0.25, -0.2) is 4.89 Å². The molecule has 0 heterocycles. The number of hydrogen-bond donors (Lipinski definition) is 1. The van der Waals surface area contributed by atoms with Gasteiger partial charge < -0.3 is 14.2 Å². The van der Waals surface area contributed by atoms with Gasteiger partial charge >= 0.3 is 0 Å². The maximum atomic E-state index is 8.81. The molecule has 0 aliphatic rings. The first kappa shape index (κ1) is 17.3. The molecule has 2 aromatic carbocycles. The van der Waals surface area contributed by atoms with Crippen LogP contribution >= 0.6 is 0 Å². The fraction of sp³-hybridized carbons (Fsp3) is 0.333. The van der Waals surface area contributed by atoms with Crippen molar-refractivity contribution in [3.63, 3.8) is 0 Å². The lowest BCUT2D eigenvalue weighted by atomic mass is 10.0. The highest BCUT2D eigenvalue weighted by molar-refractivity contribution is 5.53. The van der Waals surface area contributed by atoms with Crippen molar-refractivity contribution in [2.24, 2.45) is 0 Å². The summed E-state index contributed by atoms with van der Waals surface area (Å²) in [5, 5.41) is 8.81. The van der Waals surface area contributed by atoms with Gasteiger partial charge in [-0.15, -0.1) is 0 Å². The molecular formula is C18H22O5. The fourth-order valence-corrected chi connectivity index (χ4v) is 2.50. The Balaban J connectivity index is 2.32. The van der Waals surface area contributed by atoms with E-state index in [4.69, 9.17) is 19.5 Å². The zero-order valence-electron chi connectivity index (χ0n) is 13.9. The first-order chi connectivity index (χ1) is 11.1. The predicted octanol–water partition coefficient (Wildman–Crippen LogP) is 4.24. The molecule has 0 aromatic heterocycles. The summed E-state index contributed by atoms with van der Waals surface area (Å²) in [6, 6.07) is 9.63. The quantitative estimate of drug-likeness (QED) is 0.611. The summed E-state index contributed by atoms with van der Waals surface area (Å²) in [6.07, 6.45) is 0. The minimum Gasteiger partial charge on any atom is -0.496 e. The Kier molecular flexibility index (Phi) is 5.98. The van der Waals surface area contributed by atoms with Gasteiger partial charge in [-0.1, -0.05) is 12.1 Å². The largest absolute Gasteiger partial charge is 0.496 e. The lowest BCUT2D eigenvalue weighted by molar-refractivity contribution is -0.253. The Morgan fingerprint density at radius 3 is 2.26 bits per heavy atom. The van der Waals surface area contributed by atoms with E-state index in [-0.39, 0.29) is 6.61 Å². The topological polar surface area (TPSA) is 57.2 Å². The monoisotopic (exact) mass is 318 g/mol. The number of hydrogen-bond acceptors (Lipinski definition) is 5. The zero-order valence-corrected chi connectivity index (χ0v) is 13.9. The Morgan fingerprint density at radius 1 is 1.00 bits per heavy atom. The van der Waals surface area contributed by atoms with Crippen molar-refractivity contribution in [3.05, 3.63) is 52.6 Å². The van der Waals surface area contributed by atoms with E-state index in [1.165, 1.54) is 0 Å². The van der Waals surface area contributed by atoms with Crippen LogP contribution in [0.4, 0.5) is 0 Å². The van der Waals surface area contributed by atoms with E-state index < -0.39 is 0 Å². The highest BCUT2D eigenvalue weighted by Crippen LogP contribution is 2.36. The Bertz CT molecular complexity index is 649. The van der Waals surface area contributed by atoms with Gasteiger partial charge in [-0.3, -0.25) is 5.26 Å². The number of rotatable bonds is 7. The zero-order chi connectivity index (χ0) is 16.8. The Hall–Kier alpha value is -2.08. The van der Waals surface area contributed by atoms with Gasteiger partial charge in [0.2, 0.25) is 0 Å². The minimum absolute atomic E-state index is 0.0415. The van der Waals surface area contributed by atoms with E-state index in [1.54, 1.807) is 14.2 Å². The second-order valence-electron chi connectivity index (χ2n) is 5.28. The lowest BCUT2D eigenvalue weighted by Gasteiger charge is -2.17. The van der Waals surface area contributed by atoms with Gasteiger partial charge in [0.25, 0.3) is 0 Å². The SMILES string of the molecule is COCc1ccc(Oc2cc(C)c(OC)c(COO)c2C)cc1. The van der Waals surface area contributed by atoms with Crippen LogP contribution in [0.3, 0.4) is 0 Å². The number of methoxy groups -OCH3 is 2. The summed E-state index contributed by atoms with van der Waals surface area (Å²) in [5.74, 6) is 2.13. The second kappa shape index (κ2) is 7.97. The summed E-state index contributed by atoms with van der Waals surface area (Å²) in [4.78, 5) is 4.30. The van der Waals surface area contributed by atoms with E-state index in [0.29, 0.717) is 18.1 Å². The van der Waals surface area contributed by atoms with Crippen molar-refractivity contribution < 1.29 is 24.4 Å². The number of aryl methyl sites for hydroxylation is 1. The van der Waals surface area contributed by atoms with Gasteiger partial charge in [-0.05, 0) is 43.2 Å². The minimum atomic E-state index is 0.0415. The van der Waals surface area contributed by atoms with Gasteiger partial charge in [0, 0.05) is 18.2 Å². The summed E-state index contributed by atoms with van der Waals surface area (Å²) >= 11 is 0. The molecule has 2 rings (SSSR count). The van der Waals surface area contributed by atoms with Crippen molar-refractivity contribution >= 4 is 0 Å². The van der Waals surface area contributed by atoms with E-state index in [2.05, 4.69) is 4.89 Å². The molecule has 0 aliphatic heterocycles. The molecule has 0 saturated carbocycles. The fourth-order valence-electron chi connectivity index (χ4n) is 2.50. The summed E-state index contributed by atoms with van der Waals surface area (Å²) in [6.45, 7) is 4.44. The van der Waals surface area contributed by atoms with Crippen LogP contribution in [-0.2, 0) is 22.8 Å². The number of ether oxygens (including phenoxy) is 3. The van der Waals surface area contributed by atoms with Gasteiger partial charge in [0.1, 0.15) is 23.9 Å². The third-order valence-electron chi connectivity index (χ3n) is 3.68. The molecule has 0 bridgehead atoms. The first-order valence-electron chi connectivity index (χ1n) is 7.29.